The van der Waals surface area contributed by atoms with E-state index in [9.17, 15) is 9.59 Å². The van der Waals surface area contributed by atoms with Crippen molar-refractivity contribution in [2.75, 3.05) is 20.1 Å². The summed E-state index contributed by atoms with van der Waals surface area (Å²) in [6.45, 7) is 5.80. The Balaban J connectivity index is 2.04. The van der Waals surface area contributed by atoms with E-state index in [2.05, 4.69) is 17.4 Å². The molecular weight excluding hydrogens is 218 g/mol. The molecule has 0 radical (unpaired) electrons. The van der Waals surface area contributed by atoms with E-state index in [0.29, 0.717) is 0 Å². The van der Waals surface area contributed by atoms with Gasteiger partial charge in [-0.2, -0.15) is 0 Å². The van der Waals surface area contributed by atoms with Gasteiger partial charge in [0.05, 0.1) is 6.04 Å². The molecule has 0 bridgehead atoms. The van der Waals surface area contributed by atoms with E-state index in [-0.39, 0.29) is 23.8 Å². The van der Waals surface area contributed by atoms with Crippen molar-refractivity contribution >= 4 is 11.8 Å². The summed E-state index contributed by atoms with van der Waals surface area (Å²) < 4.78 is 0. The Morgan fingerprint density at radius 1 is 1.24 bits per heavy atom. The molecule has 2 aliphatic rings. The van der Waals surface area contributed by atoms with Crippen molar-refractivity contribution in [3.63, 3.8) is 0 Å². The normalized spacial score (nSPS) is 28.0. The highest BCUT2D eigenvalue weighted by Gasteiger charge is 2.44. The maximum Gasteiger partial charge on any atom is 0.254 e. The van der Waals surface area contributed by atoms with Crippen molar-refractivity contribution in [3.05, 3.63) is 0 Å². The maximum absolute atomic E-state index is 12.2. The van der Waals surface area contributed by atoms with Crippen LogP contribution in [0.2, 0.25) is 0 Å². The van der Waals surface area contributed by atoms with E-state index in [1.807, 2.05) is 13.8 Å². The molecule has 2 aliphatic heterocycles. The largest absolute Gasteiger partial charge is 0.306 e. The van der Waals surface area contributed by atoms with Crippen LogP contribution in [0.1, 0.15) is 26.7 Å². The molecule has 1 unspecified atom stereocenters. The molecule has 17 heavy (non-hydrogen) atoms. The first-order chi connectivity index (χ1) is 8.00. The lowest BCUT2D eigenvalue weighted by Crippen LogP contribution is -2.49. The van der Waals surface area contributed by atoms with E-state index < -0.39 is 5.92 Å². The van der Waals surface area contributed by atoms with E-state index in [0.717, 1.165) is 25.9 Å². The smallest absolute Gasteiger partial charge is 0.254 e. The van der Waals surface area contributed by atoms with Crippen molar-refractivity contribution in [2.24, 2.45) is 11.8 Å². The Morgan fingerprint density at radius 3 is 2.29 bits per heavy atom. The van der Waals surface area contributed by atoms with Gasteiger partial charge in [0, 0.05) is 0 Å². The lowest BCUT2D eigenvalue weighted by Gasteiger charge is -2.34. The van der Waals surface area contributed by atoms with E-state index in [1.54, 1.807) is 5.01 Å². The zero-order valence-electron chi connectivity index (χ0n) is 10.8. The third kappa shape index (κ3) is 2.29. The van der Waals surface area contributed by atoms with Crippen molar-refractivity contribution in [2.45, 2.75) is 32.7 Å². The lowest BCUT2D eigenvalue weighted by atomic mass is 9.95. The van der Waals surface area contributed by atoms with Crippen LogP contribution in [0.4, 0.5) is 0 Å². The summed E-state index contributed by atoms with van der Waals surface area (Å²) in [5.74, 6) is -0.600. The standard InChI is InChI=1S/C12H21N3O2/c1-8(2)10-11(16)13-15(12(10)17)9-4-6-14(3)7-5-9/h8-10H,4-7H2,1-3H3,(H,13,16). The molecule has 0 saturated carbocycles. The number of hydrogen-bond donors (Lipinski definition) is 1. The van der Waals surface area contributed by atoms with Crippen LogP contribution < -0.4 is 5.43 Å². The zero-order chi connectivity index (χ0) is 12.6. The SMILES string of the molecule is CC(C)C1C(=O)NN(C2CCN(C)CC2)C1=O. The van der Waals surface area contributed by atoms with Crippen molar-refractivity contribution in [3.8, 4) is 0 Å². The molecule has 2 amide bonds. The number of likely N-dealkylation sites (tertiary alicyclic amines) is 1. The van der Waals surface area contributed by atoms with Gasteiger partial charge in [0.1, 0.15) is 5.92 Å². The average Bonchev–Trinajstić information content (AvgIpc) is 2.55. The number of hydrogen-bond acceptors (Lipinski definition) is 3. The number of piperidine rings is 1. The van der Waals surface area contributed by atoms with E-state index in [1.165, 1.54) is 0 Å². The van der Waals surface area contributed by atoms with Gasteiger partial charge < -0.3 is 4.90 Å². The van der Waals surface area contributed by atoms with Gasteiger partial charge in [-0.3, -0.25) is 20.0 Å². The highest BCUT2D eigenvalue weighted by atomic mass is 16.2. The Labute approximate surface area is 102 Å². The molecule has 0 aromatic carbocycles. The number of rotatable bonds is 2. The van der Waals surface area contributed by atoms with Gasteiger partial charge >= 0.3 is 0 Å². The fraction of sp³-hybridized carbons (Fsp3) is 0.833. The van der Waals surface area contributed by atoms with Gasteiger partial charge in [-0.05, 0) is 38.9 Å². The summed E-state index contributed by atoms with van der Waals surface area (Å²) in [6, 6.07) is 0.173. The number of carbonyl (C=O) groups excluding carboxylic acids is 2. The van der Waals surface area contributed by atoms with Crippen LogP contribution in [0.25, 0.3) is 0 Å². The minimum absolute atomic E-state index is 0.0421. The van der Waals surface area contributed by atoms with Crippen molar-refractivity contribution in [1.29, 1.82) is 0 Å². The molecule has 0 aromatic heterocycles. The van der Waals surface area contributed by atoms with Gasteiger partial charge in [0.25, 0.3) is 11.8 Å². The molecule has 0 aromatic rings. The number of hydrazine groups is 1. The molecule has 1 N–H and O–H groups in total. The molecule has 0 spiro atoms. The Kier molecular flexibility index (Phi) is 3.38. The average molecular weight is 239 g/mol. The predicted molar refractivity (Wildman–Crippen MR) is 63.8 cm³/mol. The van der Waals surface area contributed by atoms with Crippen LogP contribution in [0.5, 0.6) is 0 Å². The van der Waals surface area contributed by atoms with Crippen LogP contribution in [0.3, 0.4) is 0 Å². The highest BCUT2D eigenvalue weighted by molar-refractivity contribution is 6.05. The minimum atomic E-state index is -0.491. The molecular formula is C12H21N3O2. The molecule has 5 heteroatoms. The fourth-order valence-electron chi connectivity index (χ4n) is 2.62. The van der Waals surface area contributed by atoms with Crippen LogP contribution >= 0.6 is 0 Å². The number of nitrogens with zero attached hydrogens (tertiary/aromatic N) is 2. The molecule has 2 fully saturated rings. The first-order valence-corrected chi connectivity index (χ1v) is 6.33. The third-order valence-corrected chi connectivity index (χ3v) is 3.74. The summed E-state index contributed by atoms with van der Waals surface area (Å²) in [5.41, 5.74) is 2.75. The van der Waals surface area contributed by atoms with Crippen LogP contribution in [0.15, 0.2) is 0 Å². The maximum atomic E-state index is 12.2. The quantitative estimate of drug-likeness (QED) is 0.702. The highest BCUT2D eigenvalue weighted by Crippen LogP contribution is 2.24. The summed E-state index contributed by atoms with van der Waals surface area (Å²) in [7, 11) is 2.08. The fourth-order valence-corrected chi connectivity index (χ4v) is 2.62. The van der Waals surface area contributed by atoms with Crippen molar-refractivity contribution < 1.29 is 9.59 Å². The van der Waals surface area contributed by atoms with Crippen molar-refractivity contribution in [1.82, 2.24) is 15.3 Å². The zero-order valence-corrected chi connectivity index (χ0v) is 10.8. The first-order valence-electron chi connectivity index (χ1n) is 6.33. The number of nitrogens with one attached hydrogen (secondary N) is 1. The number of amides is 2. The minimum Gasteiger partial charge on any atom is -0.306 e. The summed E-state index contributed by atoms with van der Waals surface area (Å²) in [5, 5.41) is 1.58. The second-order valence-corrected chi connectivity index (χ2v) is 5.44. The molecule has 2 saturated heterocycles. The van der Waals surface area contributed by atoms with E-state index in [4.69, 9.17) is 0 Å². The third-order valence-electron chi connectivity index (χ3n) is 3.74. The van der Waals surface area contributed by atoms with Gasteiger partial charge in [0.2, 0.25) is 0 Å². The Bertz CT molecular complexity index is 322. The van der Waals surface area contributed by atoms with Gasteiger partial charge in [-0.1, -0.05) is 13.8 Å². The molecule has 1 atom stereocenters. The van der Waals surface area contributed by atoms with Gasteiger partial charge in [0.15, 0.2) is 0 Å². The predicted octanol–water partition coefficient (Wildman–Crippen LogP) is 0.226. The van der Waals surface area contributed by atoms with Crippen LogP contribution in [-0.4, -0.2) is 47.9 Å². The summed E-state index contributed by atoms with van der Waals surface area (Å²) >= 11 is 0. The van der Waals surface area contributed by atoms with Crippen LogP contribution in [-0.2, 0) is 9.59 Å². The Hall–Kier alpha value is -1.10. The monoisotopic (exact) mass is 239 g/mol. The number of carbonyl (C=O) groups is 2. The summed E-state index contributed by atoms with van der Waals surface area (Å²) in [4.78, 5) is 26.2. The molecule has 0 aliphatic carbocycles. The second kappa shape index (κ2) is 4.64. The molecule has 2 heterocycles. The van der Waals surface area contributed by atoms with Crippen LogP contribution in [0, 0.1) is 11.8 Å². The van der Waals surface area contributed by atoms with Gasteiger partial charge in [-0.15, -0.1) is 0 Å². The molecule has 5 nitrogen and oxygen atoms in total. The molecule has 96 valence electrons. The molecule has 2 rings (SSSR count). The lowest BCUT2D eigenvalue weighted by molar-refractivity contribution is -0.136. The van der Waals surface area contributed by atoms with E-state index >= 15 is 0 Å². The second-order valence-electron chi connectivity index (χ2n) is 5.44. The first kappa shape index (κ1) is 12.4. The van der Waals surface area contributed by atoms with Gasteiger partial charge in [-0.25, -0.2) is 0 Å². The summed E-state index contributed by atoms with van der Waals surface area (Å²) in [6.07, 6.45) is 1.88. The Morgan fingerprint density at radius 2 is 1.82 bits per heavy atom. The topological polar surface area (TPSA) is 52.7 Å².